The molecule has 6 heteroatoms. The summed E-state index contributed by atoms with van der Waals surface area (Å²) >= 11 is 1.73. The van der Waals surface area contributed by atoms with Gasteiger partial charge in [0.15, 0.2) is 0 Å². The Kier molecular flexibility index (Phi) is 4.69. The molecule has 0 aliphatic carbocycles. The maximum absolute atomic E-state index is 12.6. The molecule has 2 aromatic rings. The van der Waals surface area contributed by atoms with Crippen LogP contribution in [0.1, 0.15) is 11.3 Å². The molecule has 0 unspecified atom stereocenters. The van der Waals surface area contributed by atoms with Crippen LogP contribution in [0.4, 0.5) is 0 Å². The van der Waals surface area contributed by atoms with Crippen molar-refractivity contribution < 1.29 is 13.9 Å². The number of furan rings is 1. The number of nitrogens with one attached hydrogen (secondary N) is 1. The van der Waals surface area contributed by atoms with E-state index in [-0.39, 0.29) is 11.8 Å². The van der Waals surface area contributed by atoms with Crippen LogP contribution in [0.15, 0.2) is 39.6 Å². The van der Waals surface area contributed by atoms with Gasteiger partial charge in [0, 0.05) is 19.6 Å². The van der Waals surface area contributed by atoms with Crippen LogP contribution in [0.2, 0.25) is 0 Å². The molecule has 2 aliphatic rings. The molecule has 5 nitrogen and oxygen atoms in total. The molecule has 0 aromatic carbocycles. The van der Waals surface area contributed by atoms with Gasteiger partial charge in [0.25, 0.3) is 0 Å². The number of nitrogens with zero attached hydrogens (tertiary/aromatic N) is 1. The van der Waals surface area contributed by atoms with Crippen LogP contribution >= 0.6 is 11.3 Å². The summed E-state index contributed by atoms with van der Waals surface area (Å²) in [6.45, 7) is 4.70. The molecule has 0 saturated carbocycles. The Hall–Kier alpha value is -1.63. The van der Waals surface area contributed by atoms with Crippen LogP contribution < -0.4 is 5.32 Å². The predicted molar refractivity (Wildman–Crippen MR) is 91.4 cm³/mol. The van der Waals surface area contributed by atoms with Crippen LogP contribution in [0.25, 0.3) is 0 Å². The first kappa shape index (κ1) is 15.9. The van der Waals surface area contributed by atoms with Crippen molar-refractivity contribution in [2.75, 3.05) is 26.3 Å². The molecule has 4 rings (SSSR count). The van der Waals surface area contributed by atoms with Gasteiger partial charge in [-0.3, -0.25) is 9.69 Å². The average molecular weight is 346 g/mol. The van der Waals surface area contributed by atoms with E-state index < -0.39 is 0 Å². The van der Waals surface area contributed by atoms with Crippen LogP contribution in [-0.2, 0) is 22.6 Å². The predicted octanol–water partition coefficient (Wildman–Crippen LogP) is 2.35. The largest absolute Gasteiger partial charge is 0.467 e. The van der Waals surface area contributed by atoms with E-state index in [2.05, 4.69) is 27.0 Å². The molecule has 2 aromatic heterocycles. The van der Waals surface area contributed by atoms with Crippen LogP contribution in [-0.4, -0.2) is 37.1 Å². The minimum absolute atomic E-state index is 0.0637. The van der Waals surface area contributed by atoms with E-state index in [0.717, 1.165) is 32.0 Å². The van der Waals surface area contributed by atoms with Gasteiger partial charge in [-0.05, 0) is 46.4 Å². The number of carbonyl (C=O) groups excluding carboxylic acids is 1. The highest BCUT2D eigenvalue weighted by atomic mass is 32.1. The Bertz CT molecular complexity index is 656. The van der Waals surface area contributed by atoms with E-state index in [1.54, 1.807) is 17.6 Å². The number of ether oxygens (including phenoxy) is 1. The van der Waals surface area contributed by atoms with Crippen LogP contribution in [0, 0.1) is 17.8 Å². The monoisotopic (exact) mass is 346 g/mol. The summed E-state index contributed by atoms with van der Waals surface area (Å²) in [7, 11) is 0. The van der Waals surface area contributed by atoms with Gasteiger partial charge >= 0.3 is 0 Å². The molecule has 0 radical (unpaired) electrons. The van der Waals surface area contributed by atoms with Crippen molar-refractivity contribution in [1.29, 1.82) is 0 Å². The molecular formula is C18H22N2O3S. The second kappa shape index (κ2) is 7.09. The lowest BCUT2D eigenvalue weighted by atomic mass is 9.82. The lowest BCUT2D eigenvalue weighted by molar-refractivity contribution is -0.133. The minimum Gasteiger partial charge on any atom is -0.467 e. The number of rotatable bonds is 5. The molecule has 24 heavy (non-hydrogen) atoms. The van der Waals surface area contributed by atoms with Crippen molar-refractivity contribution in [3.63, 3.8) is 0 Å². The topological polar surface area (TPSA) is 54.7 Å². The number of carbonyl (C=O) groups is 1. The Morgan fingerprint density at radius 3 is 3.08 bits per heavy atom. The lowest BCUT2D eigenvalue weighted by Gasteiger charge is -2.31. The Morgan fingerprint density at radius 1 is 1.33 bits per heavy atom. The van der Waals surface area contributed by atoms with E-state index in [1.165, 1.54) is 5.56 Å². The average Bonchev–Trinajstić information content (AvgIpc) is 3.33. The van der Waals surface area contributed by atoms with Crippen molar-refractivity contribution in [3.05, 3.63) is 46.5 Å². The normalized spacial score (nSPS) is 27.1. The van der Waals surface area contributed by atoms with Gasteiger partial charge in [-0.2, -0.15) is 11.3 Å². The number of amides is 1. The van der Waals surface area contributed by atoms with Gasteiger partial charge in [0.05, 0.1) is 31.9 Å². The third-order valence-electron chi connectivity index (χ3n) is 5.05. The number of fused-ring (bicyclic) bond motifs is 1. The zero-order valence-corrected chi connectivity index (χ0v) is 14.3. The first-order valence-corrected chi connectivity index (χ1v) is 9.35. The van der Waals surface area contributed by atoms with Crippen molar-refractivity contribution in [2.24, 2.45) is 17.8 Å². The lowest BCUT2D eigenvalue weighted by Crippen LogP contribution is -2.44. The van der Waals surface area contributed by atoms with Gasteiger partial charge in [0.1, 0.15) is 5.76 Å². The fourth-order valence-electron chi connectivity index (χ4n) is 3.85. The molecule has 2 fully saturated rings. The van der Waals surface area contributed by atoms with E-state index in [1.807, 2.05) is 12.1 Å². The summed E-state index contributed by atoms with van der Waals surface area (Å²) in [5.74, 6) is 1.64. The quantitative estimate of drug-likeness (QED) is 0.903. The molecule has 1 N–H and O–H groups in total. The Balaban J connectivity index is 1.36. The van der Waals surface area contributed by atoms with Gasteiger partial charge in [-0.15, -0.1) is 0 Å². The zero-order chi connectivity index (χ0) is 16.4. The number of hydrogen-bond donors (Lipinski definition) is 1. The summed E-state index contributed by atoms with van der Waals surface area (Å²) in [6.07, 6.45) is 1.63. The van der Waals surface area contributed by atoms with E-state index in [9.17, 15) is 4.79 Å². The fraction of sp³-hybridized carbons (Fsp3) is 0.500. The van der Waals surface area contributed by atoms with Gasteiger partial charge in [-0.1, -0.05) is 0 Å². The van der Waals surface area contributed by atoms with Gasteiger partial charge in [0.2, 0.25) is 5.91 Å². The van der Waals surface area contributed by atoms with E-state index >= 15 is 0 Å². The third kappa shape index (κ3) is 3.41. The van der Waals surface area contributed by atoms with Crippen LogP contribution in [0.3, 0.4) is 0 Å². The Labute approximate surface area is 145 Å². The molecule has 128 valence electrons. The molecule has 2 aliphatic heterocycles. The molecule has 2 saturated heterocycles. The van der Waals surface area contributed by atoms with Crippen molar-refractivity contribution in [2.45, 2.75) is 13.1 Å². The molecule has 3 atom stereocenters. The highest BCUT2D eigenvalue weighted by Gasteiger charge is 2.43. The Morgan fingerprint density at radius 2 is 2.29 bits per heavy atom. The fourth-order valence-corrected chi connectivity index (χ4v) is 4.51. The van der Waals surface area contributed by atoms with Crippen molar-refractivity contribution in [1.82, 2.24) is 10.2 Å². The smallest absolute Gasteiger partial charge is 0.226 e. The number of hydrogen-bond acceptors (Lipinski definition) is 5. The molecular weight excluding hydrogens is 324 g/mol. The summed E-state index contributed by atoms with van der Waals surface area (Å²) in [4.78, 5) is 15.1. The summed E-state index contributed by atoms with van der Waals surface area (Å²) in [5, 5.41) is 7.32. The second-order valence-electron chi connectivity index (χ2n) is 6.69. The zero-order valence-electron chi connectivity index (χ0n) is 13.5. The number of thiophene rings is 1. The molecule has 4 heterocycles. The maximum Gasteiger partial charge on any atom is 0.226 e. The van der Waals surface area contributed by atoms with Gasteiger partial charge < -0.3 is 14.5 Å². The molecule has 0 spiro atoms. The maximum atomic E-state index is 12.6. The standard InChI is InChI=1S/C18H22N2O3S/c21-18(19-6-15-2-1-4-23-15)17-11-22-10-14-8-20(9-16(14)17)7-13-3-5-24-12-13/h1-5,12,14,16-17H,6-11H2,(H,19,21)/t14-,16-,17-/m1/s1. The minimum atomic E-state index is -0.0637. The third-order valence-corrected chi connectivity index (χ3v) is 5.79. The van der Waals surface area contributed by atoms with Crippen molar-refractivity contribution in [3.8, 4) is 0 Å². The number of likely N-dealkylation sites (tertiary alicyclic amines) is 1. The van der Waals surface area contributed by atoms with Crippen molar-refractivity contribution >= 4 is 17.2 Å². The molecule has 0 bridgehead atoms. The van der Waals surface area contributed by atoms with Gasteiger partial charge in [-0.25, -0.2) is 0 Å². The summed E-state index contributed by atoms with van der Waals surface area (Å²) in [6, 6.07) is 5.88. The van der Waals surface area contributed by atoms with Crippen LogP contribution in [0.5, 0.6) is 0 Å². The van der Waals surface area contributed by atoms with E-state index in [4.69, 9.17) is 9.15 Å². The highest BCUT2D eigenvalue weighted by molar-refractivity contribution is 7.07. The molecule has 1 amide bonds. The first-order chi connectivity index (χ1) is 11.8. The second-order valence-corrected chi connectivity index (χ2v) is 7.47. The highest BCUT2D eigenvalue weighted by Crippen LogP contribution is 2.35. The SMILES string of the molecule is O=C(NCc1ccco1)[C@@H]1COC[C@H]2CN(Cc3ccsc3)C[C@H]21. The first-order valence-electron chi connectivity index (χ1n) is 8.41. The summed E-state index contributed by atoms with van der Waals surface area (Å²) < 4.78 is 11.0. The van der Waals surface area contributed by atoms with E-state index in [0.29, 0.717) is 25.0 Å². The summed E-state index contributed by atoms with van der Waals surface area (Å²) in [5.41, 5.74) is 1.36.